The smallest absolute Gasteiger partial charge is 0.335 e. The van der Waals surface area contributed by atoms with Gasteiger partial charge in [0.1, 0.15) is 0 Å². The van der Waals surface area contributed by atoms with E-state index in [2.05, 4.69) is 10.3 Å². The number of nitrogens with one attached hydrogen (secondary N) is 1. The number of hydrogen-bond acceptors (Lipinski definition) is 4. The number of anilines is 2. The normalized spacial score (nSPS) is 9.89. The largest absolute Gasteiger partial charge is 0.478 e. The number of rotatable bonds is 3. The molecular weight excluding hydrogens is 246 g/mol. The number of benzene rings is 1. The van der Waals surface area contributed by atoms with Crippen LogP contribution in [-0.2, 0) is 0 Å². The molecule has 0 unspecified atom stereocenters. The third-order valence-corrected chi connectivity index (χ3v) is 2.41. The second-order valence-electron chi connectivity index (χ2n) is 3.84. The third-order valence-electron chi connectivity index (χ3n) is 2.41. The molecule has 1 heterocycles. The molecule has 0 aliphatic carbocycles. The molecule has 1 amide bonds. The first-order chi connectivity index (χ1) is 9.06. The number of carboxylic acids is 1. The summed E-state index contributed by atoms with van der Waals surface area (Å²) >= 11 is 0. The van der Waals surface area contributed by atoms with Crippen molar-refractivity contribution in [3.05, 3.63) is 53.9 Å². The van der Waals surface area contributed by atoms with Gasteiger partial charge < -0.3 is 16.2 Å². The van der Waals surface area contributed by atoms with Crippen LogP contribution in [0.3, 0.4) is 0 Å². The second-order valence-corrected chi connectivity index (χ2v) is 3.84. The van der Waals surface area contributed by atoms with Gasteiger partial charge in [-0.15, -0.1) is 0 Å². The van der Waals surface area contributed by atoms with Crippen LogP contribution in [0.5, 0.6) is 0 Å². The van der Waals surface area contributed by atoms with Gasteiger partial charge in [-0.1, -0.05) is 0 Å². The average Bonchev–Trinajstić information content (AvgIpc) is 2.39. The first-order valence-electron chi connectivity index (χ1n) is 5.41. The summed E-state index contributed by atoms with van der Waals surface area (Å²) in [4.78, 5) is 26.4. The van der Waals surface area contributed by atoms with Gasteiger partial charge in [-0.3, -0.25) is 9.78 Å². The maximum atomic E-state index is 11.9. The van der Waals surface area contributed by atoms with E-state index in [1.54, 1.807) is 0 Å². The number of pyridine rings is 1. The quantitative estimate of drug-likeness (QED) is 0.774. The van der Waals surface area contributed by atoms with Crippen molar-refractivity contribution in [3.63, 3.8) is 0 Å². The summed E-state index contributed by atoms with van der Waals surface area (Å²) in [5, 5.41) is 11.4. The molecule has 0 bridgehead atoms. The first kappa shape index (κ1) is 12.6. The van der Waals surface area contributed by atoms with Crippen molar-refractivity contribution in [2.24, 2.45) is 0 Å². The first-order valence-corrected chi connectivity index (χ1v) is 5.41. The van der Waals surface area contributed by atoms with Crippen LogP contribution in [0.15, 0.2) is 42.7 Å². The number of carboxylic acid groups (broad SMARTS) is 1. The van der Waals surface area contributed by atoms with E-state index < -0.39 is 5.97 Å². The molecule has 96 valence electrons. The lowest BCUT2D eigenvalue weighted by atomic mass is 10.2. The average molecular weight is 257 g/mol. The molecule has 0 saturated carbocycles. The molecule has 0 radical (unpaired) electrons. The summed E-state index contributed by atoms with van der Waals surface area (Å²) in [5.74, 6) is -1.37. The number of nitrogens with two attached hydrogens (primary N) is 1. The van der Waals surface area contributed by atoms with Gasteiger partial charge in [0.25, 0.3) is 5.91 Å². The summed E-state index contributed by atoms with van der Waals surface area (Å²) in [6.07, 6.45) is 2.84. The van der Waals surface area contributed by atoms with E-state index >= 15 is 0 Å². The molecule has 0 fully saturated rings. The van der Waals surface area contributed by atoms with Gasteiger partial charge in [0.2, 0.25) is 0 Å². The standard InChI is InChI=1S/C13H11N3O3/c14-10-5-9(6-15-7-10)12(17)16-11-3-1-8(2-4-11)13(18)19/h1-7H,14H2,(H,16,17)(H,18,19). The zero-order valence-corrected chi connectivity index (χ0v) is 9.83. The lowest BCUT2D eigenvalue weighted by Gasteiger charge is -2.05. The van der Waals surface area contributed by atoms with Crippen LogP contribution in [-0.4, -0.2) is 22.0 Å². The van der Waals surface area contributed by atoms with Crippen molar-refractivity contribution in [3.8, 4) is 0 Å². The minimum absolute atomic E-state index is 0.156. The Labute approximate surface area is 108 Å². The van der Waals surface area contributed by atoms with E-state index in [-0.39, 0.29) is 11.5 Å². The predicted octanol–water partition coefficient (Wildman–Crippen LogP) is 1.61. The highest BCUT2D eigenvalue weighted by molar-refractivity contribution is 6.04. The molecule has 2 aromatic rings. The van der Waals surface area contributed by atoms with Gasteiger partial charge in [-0.2, -0.15) is 0 Å². The Hall–Kier alpha value is -2.89. The molecule has 0 aliphatic heterocycles. The number of aromatic carboxylic acids is 1. The van der Waals surface area contributed by atoms with Crippen molar-refractivity contribution in [1.29, 1.82) is 0 Å². The van der Waals surface area contributed by atoms with Crippen molar-refractivity contribution in [1.82, 2.24) is 4.98 Å². The molecule has 0 atom stereocenters. The van der Waals surface area contributed by atoms with Crippen molar-refractivity contribution >= 4 is 23.3 Å². The fourth-order valence-corrected chi connectivity index (χ4v) is 1.48. The Morgan fingerprint density at radius 1 is 1.11 bits per heavy atom. The molecule has 4 N–H and O–H groups in total. The molecule has 6 heteroatoms. The number of aromatic nitrogens is 1. The van der Waals surface area contributed by atoms with Crippen LogP contribution in [0, 0.1) is 0 Å². The number of amides is 1. The summed E-state index contributed by atoms with van der Waals surface area (Å²) in [5.41, 5.74) is 6.92. The Morgan fingerprint density at radius 2 is 1.79 bits per heavy atom. The van der Waals surface area contributed by atoms with Crippen LogP contribution in [0.2, 0.25) is 0 Å². The highest BCUT2D eigenvalue weighted by Crippen LogP contribution is 2.12. The van der Waals surface area contributed by atoms with E-state index in [4.69, 9.17) is 10.8 Å². The zero-order valence-electron chi connectivity index (χ0n) is 9.83. The van der Waals surface area contributed by atoms with Crippen LogP contribution in [0.4, 0.5) is 11.4 Å². The van der Waals surface area contributed by atoms with E-state index in [0.29, 0.717) is 16.9 Å². The molecule has 1 aromatic heterocycles. The van der Waals surface area contributed by atoms with E-state index in [0.717, 1.165) is 0 Å². The number of nitrogens with zero attached hydrogens (tertiary/aromatic N) is 1. The van der Waals surface area contributed by atoms with Crippen LogP contribution < -0.4 is 11.1 Å². The topological polar surface area (TPSA) is 105 Å². The SMILES string of the molecule is Nc1cncc(C(=O)Nc2ccc(C(=O)O)cc2)c1. The van der Waals surface area contributed by atoms with Crippen LogP contribution >= 0.6 is 0 Å². The van der Waals surface area contributed by atoms with Gasteiger partial charge >= 0.3 is 5.97 Å². The summed E-state index contributed by atoms with van der Waals surface area (Å²) in [7, 11) is 0. The fourth-order valence-electron chi connectivity index (χ4n) is 1.48. The third kappa shape index (κ3) is 3.06. The molecule has 19 heavy (non-hydrogen) atoms. The highest BCUT2D eigenvalue weighted by Gasteiger charge is 2.07. The fraction of sp³-hybridized carbons (Fsp3) is 0. The Balaban J connectivity index is 2.13. The second kappa shape index (κ2) is 5.18. The monoisotopic (exact) mass is 257 g/mol. The minimum Gasteiger partial charge on any atom is -0.478 e. The van der Waals surface area contributed by atoms with Crippen LogP contribution in [0.1, 0.15) is 20.7 Å². The predicted molar refractivity (Wildman–Crippen MR) is 70.0 cm³/mol. The minimum atomic E-state index is -1.02. The lowest BCUT2D eigenvalue weighted by molar-refractivity contribution is 0.0696. The zero-order chi connectivity index (χ0) is 13.8. The molecular formula is C13H11N3O3. The number of carbonyl (C=O) groups is 2. The molecule has 2 rings (SSSR count). The molecule has 6 nitrogen and oxygen atoms in total. The molecule has 0 saturated heterocycles. The van der Waals surface area contributed by atoms with Gasteiger partial charge in [0, 0.05) is 18.1 Å². The van der Waals surface area contributed by atoms with Gasteiger partial charge in [-0.05, 0) is 30.3 Å². The Bertz CT molecular complexity index is 623. The van der Waals surface area contributed by atoms with Crippen molar-refractivity contribution in [2.45, 2.75) is 0 Å². The van der Waals surface area contributed by atoms with E-state index in [1.807, 2.05) is 0 Å². The van der Waals surface area contributed by atoms with E-state index in [9.17, 15) is 9.59 Å². The van der Waals surface area contributed by atoms with Crippen molar-refractivity contribution in [2.75, 3.05) is 11.1 Å². The van der Waals surface area contributed by atoms with Crippen LogP contribution in [0.25, 0.3) is 0 Å². The highest BCUT2D eigenvalue weighted by atomic mass is 16.4. The molecule has 0 aliphatic rings. The Morgan fingerprint density at radius 3 is 2.37 bits per heavy atom. The summed E-state index contributed by atoms with van der Waals surface area (Å²) in [6.45, 7) is 0. The molecule has 1 aromatic carbocycles. The molecule has 0 spiro atoms. The Kier molecular flexibility index (Phi) is 3.42. The summed E-state index contributed by atoms with van der Waals surface area (Å²) in [6, 6.07) is 7.36. The number of hydrogen-bond donors (Lipinski definition) is 3. The van der Waals surface area contributed by atoms with Gasteiger partial charge in [0.05, 0.1) is 16.8 Å². The maximum absolute atomic E-state index is 11.9. The maximum Gasteiger partial charge on any atom is 0.335 e. The number of nitrogen functional groups attached to an aromatic ring is 1. The van der Waals surface area contributed by atoms with E-state index in [1.165, 1.54) is 42.7 Å². The summed E-state index contributed by atoms with van der Waals surface area (Å²) < 4.78 is 0. The van der Waals surface area contributed by atoms with Gasteiger partial charge in [0.15, 0.2) is 0 Å². The number of carbonyl (C=O) groups excluding carboxylic acids is 1. The van der Waals surface area contributed by atoms with Gasteiger partial charge in [-0.25, -0.2) is 4.79 Å². The lowest BCUT2D eigenvalue weighted by Crippen LogP contribution is -2.12. The van der Waals surface area contributed by atoms with Crippen molar-refractivity contribution < 1.29 is 14.7 Å².